The molecule has 0 spiro atoms. The largest absolute Gasteiger partial charge is 0.478 e. The first-order chi connectivity index (χ1) is 10.2. The molecule has 0 fully saturated rings. The van der Waals surface area contributed by atoms with E-state index in [0.717, 1.165) is 16.6 Å². The highest BCUT2D eigenvalue weighted by Crippen LogP contribution is 2.19. The Labute approximate surface area is 120 Å². The van der Waals surface area contributed by atoms with Crippen LogP contribution in [0.4, 0.5) is 0 Å². The Bertz CT molecular complexity index is 788. The standard InChI is InChI=1S/C15H14N2O4/c1-20-9-13-7-12(16-21-13)8-17-5-4-10-2-3-11(15(18)19)6-14(10)17/h2-7H,8-9H2,1H3,(H,18,19). The van der Waals surface area contributed by atoms with Crippen molar-refractivity contribution in [2.24, 2.45) is 0 Å². The predicted octanol–water partition coefficient (Wildman–Crippen LogP) is 2.52. The first-order valence-electron chi connectivity index (χ1n) is 6.43. The summed E-state index contributed by atoms with van der Waals surface area (Å²) >= 11 is 0. The number of carboxylic acid groups (broad SMARTS) is 1. The van der Waals surface area contributed by atoms with Crippen LogP contribution in [-0.2, 0) is 17.9 Å². The van der Waals surface area contributed by atoms with Crippen LogP contribution in [0.5, 0.6) is 0 Å². The molecule has 108 valence electrons. The van der Waals surface area contributed by atoms with Crippen LogP contribution in [0.2, 0.25) is 0 Å². The lowest BCUT2D eigenvalue weighted by molar-refractivity contribution is 0.0697. The van der Waals surface area contributed by atoms with Gasteiger partial charge in [0.15, 0.2) is 5.76 Å². The van der Waals surface area contributed by atoms with E-state index < -0.39 is 5.97 Å². The Balaban J connectivity index is 1.92. The molecular formula is C15H14N2O4. The Morgan fingerprint density at radius 2 is 2.24 bits per heavy atom. The molecule has 21 heavy (non-hydrogen) atoms. The molecule has 2 aromatic heterocycles. The van der Waals surface area contributed by atoms with Gasteiger partial charge in [-0.15, -0.1) is 0 Å². The lowest BCUT2D eigenvalue weighted by Gasteiger charge is -2.03. The molecule has 0 saturated carbocycles. The van der Waals surface area contributed by atoms with Gasteiger partial charge < -0.3 is 18.9 Å². The van der Waals surface area contributed by atoms with Crippen LogP contribution < -0.4 is 0 Å². The molecule has 1 N–H and O–H groups in total. The molecule has 1 aromatic carbocycles. The van der Waals surface area contributed by atoms with Crippen LogP contribution in [0.1, 0.15) is 21.8 Å². The molecule has 0 amide bonds. The van der Waals surface area contributed by atoms with Gasteiger partial charge >= 0.3 is 5.97 Å². The molecule has 3 rings (SSSR count). The van der Waals surface area contributed by atoms with Gasteiger partial charge in [0.1, 0.15) is 12.3 Å². The summed E-state index contributed by atoms with van der Waals surface area (Å²) in [5.74, 6) is -0.274. The van der Waals surface area contributed by atoms with E-state index in [2.05, 4.69) is 5.16 Å². The average Bonchev–Trinajstić information content (AvgIpc) is 3.07. The van der Waals surface area contributed by atoms with Crippen LogP contribution in [0, 0.1) is 0 Å². The number of nitrogens with zero attached hydrogens (tertiary/aromatic N) is 2. The molecule has 0 saturated heterocycles. The molecule has 6 heteroatoms. The highest BCUT2D eigenvalue weighted by atomic mass is 16.5. The summed E-state index contributed by atoms with van der Waals surface area (Å²) in [6.07, 6.45) is 1.90. The van der Waals surface area contributed by atoms with Crippen molar-refractivity contribution in [3.05, 3.63) is 53.5 Å². The Hall–Kier alpha value is -2.60. The van der Waals surface area contributed by atoms with Crippen molar-refractivity contribution in [3.63, 3.8) is 0 Å². The highest BCUT2D eigenvalue weighted by molar-refractivity contribution is 5.93. The minimum Gasteiger partial charge on any atom is -0.478 e. The van der Waals surface area contributed by atoms with E-state index >= 15 is 0 Å². The number of aromatic nitrogens is 2. The first kappa shape index (κ1) is 13.4. The Kier molecular flexibility index (Phi) is 3.45. The van der Waals surface area contributed by atoms with Gasteiger partial charge in [0.05, 0.1) is 12.1 Å². The monoisotopic (exact) mass is 286 g/mol. The van der Waals surface area contributed by atoms with Crippen LogP contribution in [0.25, 0.3) is 10.9 Å². The van der Waals surface area contributed by atoms with Gasteiger partial charge in [0, 0.05) is 24.9 Å². The number of methoxy groups -OCH3 is 1. The van der Waals surface area contributed by atoms with Crippen molar-refractivity contribution in [2.75, 3.05) is 7.11 Å². The van der Waals surface area contributed by atoms with E-state index in [1.165, 1.54) is 0 Å². The van der Waals surface area contributed by atoms with Crippen LogP contribution >= 0.6 is 0 Å². The third kappa shape index (κ3) is 2.66. The summed E-state index contributed by atoms with van der Waals surface area (Å²) in [4.78, 5) is 11.1. The quantitative estimate of drug-likeness (QED) is 0.779. The number of hydrogen-bond donors (Lipinski definition) is 1. The fourth-order valence-electron chi connectivity index (χ4n) is 2.27. The second-order valence-electron chi connectivity index (χ2n) is 4.74. The third-order valence-corrected chi connectivity index (χ3v) is 3.25. The van der Waals surface area contributed by atoms with Gasteiger partial charge in [-0.05, 0) is 23.6 Å². The summed E-state index contributed by atoms with van der Waals surface area (Å²) in [6, 6.07) is 8.83. The van der Waals surface area contributed by atoms with Crippen LogP contribution in [0.15, 0.2) is 41.1 Å². The van der Waals surface area contributed by atoms with Crippen molar-refractivity contribution in [3.8, 4) is 0 Å². The molecule has 0 aliphatic rings. The van der Waals surface area contributed by atoms with Crippen molar-refractivity contribution in [1.82, 2.24) is 9.72 Å². The normalized spacial score (nSPS) is 11.1. The molecule has 0 unspecified atom stereocenters. The SMILES string of the molecule is COCc1cc(Cn2ccc3ccc(C(=O)O)cc32)no1. The van der Waals surface area contributed by atoms with Gasteiger partial charge in [0.2, 0.25) is 0 Å². The van der Waals surface area contributed by atoms with Gasteiger partial charge in [-0.2, -0.15) is 0 Å². The van der Waals surface area contributed by atoms with E-state index in [1.807, 2.05) is 22.9 Å². The average molecular weight is 286 g/mol. The van der Waals surface area contributed by atoms with Crippen molar-refractivity contribution in [1.29, 1.82) is 0 Å². The minimum atomic E-state index is -0.937. The fraction of sp³-hybridized carbons (Fsp3) is 0.200. The van der Waals surface area contributed by atoms with E-state index in [4.69, 9.17) is 14.4 Å². The number of ether oxygens (including phenoxy) is 1. The van der Waals surface area contributed by atoms with E-state index in [-0.39, 0.29) is 5.56 Å². The smallest absolute Gasteiger partial charge is 0.335 e. The van der Waals surface area contributed by atoms with Crippen LogP contribution in [0.3, 0.4) is 0 Å². The molecule has 0 bridgehead atoms. The Morgan fingerprint density at radius 1 is 1.38 bits per heavy atom. The number of carboxylic acids is 1. The molecule has 3 aromatic rings. The van der Waals surface area contributed by atoms with E-state index in [9.17, 15) is 4.79 Å². The summed E-state index contributed by atoms with van der Waals surface area (Å²) in [5, 5.41) is 14.0. The maximum atomic E-state index is 11.1. The molecule has 0 aliphatic carbocycles. The molecule has 0 atom stereocenters. The topological polar surface area (TPSA) is 77.5 Å². The zero-order valence-electron chi connectivity index (χ0n) is 11.4. The predicted molar refractivity (Wildman–Crippen MR) is 75.2 cm³/mol. The number of aromatic carboxylic acids is 1. The molecular weight excluding hydrogens is 272 g/mol. The molecule has 0 aliphatic heterocycles. The molecule has 6 nitrogen and oxygen atoms in total. The van der Waals surface area contributed by atoms with Gasteiger partial charge in [0.25, 0.3) is 0 Å². The summed E-state index contributed by atoms with van der Waals surface area (Å²) in [7, 11) is 1.59. The van der Waals surface area contributed by atoms with E-state index in [1.54, 1.807) is 25.3 Å². The number of fused-ring (bicyclic) bond motifs is 1. The zero-order chi connectivity index (χ0) is 14.8. The third-order valence-electron chi connectivity index (χ3n) is 3.25. The first-order valence-corrected chi connectivity index (χ1v) is 6.43. The minimum absolute atomic E-state index is 0.266. The van der Waals surface area contributed by atoms with Crippen molar-refractivity contribution in [2.45, 2.75) is 13.2 Å². The summed E-state index contributed by atoms with van der Waals surface area (Å²) in [5.41, 5.74) is 1.88. The van der Waals surface area contributed by atoms with E-state index in [0.29, 0.717) is 18.9 Å². The number of carbonyl (C=O) groups is 1. The second kappa shape index (κ2) is 5.41. The van der Waals surface area contributed by atoms with Gasteiger partial charge in [-0.1, -0.05) is 11.2 Å². The lowest BCUT2D eigenvalue weighted by Crippen LogP contribution is -2.00. The van der Waals surface area contributed by atoms with Crippen molar-refractivity contribution < 1.29 is 19.2 Å². The number of hydrogen-bond acceptors (Lipinski definition) is 4. The highest BCUT2D eigenvalue weighted by Gasteiger charge is 2.09. The number of benzene rings is 1. The summed E-state index contributed by atoms with van der Waals surface area (Å²) < 4.78 is 12.1. The molecule has 2 heterocycles. The maximum Gasteiger partial charge on any atom is 0.335 e. The fourth-order valence-corrected chi connectivity index (χ4v) is 2.27. The zero-order valence-corrected chi connectivity index (χ0v) is 11.4. The second-order valence-corrected chi connectivity index (χ2v) is 4.74. The number of rotatable bonds is 5. The van der Waals surface area contributed by atoms with Gasteiger partial charge in [-0.3, -0.25) is 0 Å². The lowest BCUT2D eigenvalue weighted by atomic mass is 10.1. The van der Waals surface area contributed by atoms with Crippen molar-refractivity contribution >= 4 is 16.9 Å². The summed E-state index contributed by atoms with van der Waals surface area (Å²) in [6.45, 7) is 0.891. The maximum absolute atomic E-state index is 11.1. The molecule has 0 radical (unpaired) electrons. The van der Waals surface area contributed by atoms with Gasteiger partial charge in [-0.25, -0.2) is 4.79 Å². The van der Waals surface area contributed by atoms with Crippen LogP contribution in [-0.4, -0.2) is 27.9 Å². The Morgan fingerprint density at radius 3 is 3.00 bits per heavy atom.